The third kappa shape index (κ3) is 2.03. The summed E-state index contributed by atoms with van der Waals surface area (Å²) < 4.78 is 0. The highest BCUT2D eigenvalue weighted by molar-refractivity contribution is 7.99. The summed E-state index contributed by atoms with van der Waals surface area (Å²) in [5.41, 5.74) is 0. The Morgan fingerprint density at radius 1 is 1.17 bits per heavy atom. The molecule has 1 aromatic carbocycles. The van der Waals surface area contributed by atoms with Gasteiger partial charge in [-0.15, -0.1) is 23.5 Å². The number of rotatable bonds is 2. The van der Waals surface area contributed by atoms with Gasteiger partial charge in [0, 0.05) is 4.90 Å². The highest BCUT2D eigenvalue weighted by atomic mass is 35.5. The minimum Gasteiger partial charge on any atom is -0.507 e. The second-order valence-electron chi connectivity index (χ2n) is 2.16. The fraction of sp³-hybridized carbons (Fsp3) is 0.250. The highest BCUT2D eigenvalue weighted by Gasteiger charge is 2.05. The van der Waals surface area contributed by atoms with Crippen molar-refractivity contribution >= 4 is 35.1 Å². The Balaban J connectivity index is 3.16. The van der Waals surface area contributed by atoms with Crippen LogP contribution in [-0.2, 0) is 0 Å². The van der Waals surface area contributed by atoms with Crippen molar-refractivity contribution in [3.8, 4) is 5.75 Å². The second kappa shape index (κ2) is 4.30. The standard InChI is InChI=1S/C8H9ClOS2/c1-11-7-4-6(10)8(12-2)3-5(7)9/h3-4,10H,1-2H3. The van der Waals surface area contributed by atoms with Gasteiger partial charge in [0.05, 0.1) is 9.92 Å². The van der Waals surface area contributed by atoms with E-state index in [1.807, 2.05) is 12.5 Å². The lowest BCUT2D eigenvalue weighted by Crippen LogP contribution is -1.77. The summed E-state index contributed by atoms with van der Waals surface area (Å²) in [6.07, 6.45) is 3.84. The van der Waals surface area contributed by atoms with Crippen LogP contribution in [0.1, 0.15) is 0 Å². The van der Waals surface area contributed by atoms with E-state index in [1.54, 1.807) is 12.1 Å². The molecule has 0 unspecified atom stereocenters. The zero-order valence-corrected chi connectivity index (χ0v) is 9.19. The van der Waals surface area contributed by atoms with Crippen LogP contribution in [0.25, 0.3) is 0 Å². The van der Waals surface area contributed by atoms with Gasteiger partial charge in [0.1, 0.15) is 5.75 Å². The minimum absolute atomic E-state index is 0.302. The molecule has 0 atom stereocenters. The van der Waals surface area contributed by atoms with Gasteiger partial charge in [0.25, 0.3) is 0 Å². The van der Waals surface area contributed by atoms with Gasteiger partial charge in [0.2, 0.25) is 0 Å². The van der Waals surface area contributed by atoms with Gasteiger partial charge in [-0.25, -0.2) is 0 Å². The molecule has 0 aliphatic heterocycles. The van der Waals surface area contributed by atoms with Crippen LogP contribution in [0.3, 0.4) is 0 Å². The van der Waals surface area contributed by atoms with Crippen molar-refractivity contribution in [3.05, 3.63) is 17.2 Å². The highest BCUT2D eigenvalue weighted by Crippen LogP contribution is 2.35. The van der Waals surface area contributed by atoms with Gasteiger partial charge < -0.3 is 5.11 Å². The molecule has 1 N–H and O–H groups in total. The van der Waals surface area contributed by atoms with Crippen molar-refractivity contribution in [2.75, 3.05) is 12.5 Å². The van der Waals surface area contributed by atoms with E-state index in [-0.39, 0.29) is 0 Å². The number of halogens is 1. The number of aromatic hydroxyl groups is 1. The molecule has 1 rings (SSSR count). The van der Waals surface area contributed by atoms with E-state index >= 15 is 0 Å². The van der Waals surface area contributed by atoms with E-state index in [4.69, 9.17) is 11.6 Å². The summed E-state index contributed by atoms with van der Waals surface area (Å²) in [5.74, 6) is 0.302. The van der Waals surface area contributed by atoms with E-state index in [2.05, 4.69) is 0 Å². The fourth-order valence-corrected chi connectivity index (χ4v) is 2.29. The second-order valence-corrected chi connectivity index (χ2v) is 4.26. The van der Waals surface area contributed by atoms with Crippen LogP contribution < -0.4 is 0 Å². The Hall–Kier alpha value is 0.01000. The zero-order chi connectivity index (χ0) is 9.14. The average Bonchev–Trinajstić information content (AvgIpc) is 2.08. The molecule has 0 amide bonds. The molecule has 1 aromatic rings. The number of phenols is 1. The minimum atomic E-state index is 0.302. The van der Waals surface area contributed by atoms with Gasteiger partial charge in [-0.1, -0.05) is 11.6 Å². The summed E-state index contributed by atoms with van der Waals surface area (Å²) in [5, 5.41) is 10.2. The van der Waals surface area contributed by atoms with Gasteiger partial charge in [-0.05, 0) is 24.6 Å². The molecule has 0 aliphatic rings. The Morgan fingerprint density at radius 3 is 2.25 bits per heavy atom. The van der Waals surface area contributed by atoms with E-state index in [1.165, 1.54) is 23.5 Å². The Bertz CT molecular complexity index is 259. The Labute approximate surface area is 85.5 Å². The summed E-state index contributed by atoms with van der Waals surface area (Å²) >= 11 is 8.95. The molecule has 0 saturated carbocycles. The quantitative estimate of drug-likeness (QED) is 0.771. The molecule has 12 heavy (non-hydrogen) atoms. The van der Waals surface area contributed by atoms with E-state index in [0.29, 0.717) is 10.8 Å². The predicted octanol–water partition coefficient (Wildman–Crippen LogP) is 3.49. The fourth-order valence-electron chi connectivity index (χ4n) is 0.844. The molecule has 0 aromatic heterocycles. The molecule has 4 heteroatoms. The molecule has 0 radical (unpaired) electrons. The summed E-state index contributed by atoms with van der Waals surface area (Å²) in [7, 11) is 0. The third-order valence-electron chi connectivity index (χ3n) is 1.45. The van der Waals surface area contributed by atoms with Crippen molar-refractivity contribution in [1.29, 1.82) is 0 Å². The SMILES string of the molecule is CSc1cc(Cl)c(SC)cc1O. The summed E-state index contributed by atoms with van der Waals surface area (Å²) in [6.45, 7) is 0. The molecule has 0 fully saturated rings. The van der Waals surface area contributed by atoms with Crippen LogP contribution in [0.15, 0.2) is 21.9 Å². The largest absolute Gasteiger partial charge is 0.507 e. The average molecular weight is 221 g/mol. The van der Waals surface area contributed by atoms with Gasteiger partial charge in [0.15, 0.2) is 0 Å². The lowest BCUT2D eigenvalue weighted by Gasteiger charge is -2.05. The predicted molar refractivity (Wildman–Crippen MR) is 56.7 cm³/mol. The monoisotopic (exact) mass is 220 g/mol. The molecule has 0 aliphatic carbocycles. The maximum atomic E-state index is 9.45. The van der Waals surface area contributed by atoms with Crippen LogP contribution in [0.4, 0.5) is 0 Å². The van der Waals surface area contributed by atoms with Gasteiger partial charge in [-0.2, -0.15) is 0 Å². The van der Waals surface area contributed by atoms with Crippen LogP contribution >= 0.6 is 35.1 Å². The number of hydrogen-bond donors (Lipinski definition) is 1. The van der Waals surface area contributed by atoms with Crippen LogP contribution in [0.2, 0.25) is 5.02 Å². The lowest BCUT2D eigenvalue weighted by atomic mass is 10.3. The van der Waals surface area contributed by atoms with Crippen LogP contribution in [0.5, 0.6) is 5.75 Å². The number of benzene rings is 1. The van der Waals surface area contributed by atoms with Crippen molar-refractivity contribution in [3.63, 3.8) is 0 Å². The van der Waals surface area contributed by atoms with E-state index in [9.17, 15) is 5.11 Å². The topological polar surface area (TPSA) is 20.2 Å². The Kier molecular flexibility index (Phi) is 3.62. The maximum Gasteiger partial charge on any atom is 0.130 e. The number of thioether (sulfide) groups is 2. The zero-order valence-electron chi connectivity index (χ0n) is 6.80. The molecule has 0 bridgehead atoms. The molecule has 66 valence electrons. The summed E-state index contributed by atoms with van der Waals surface area (Å²) in [6, 6.07) is 3.48. The van der Waals surface area contributed by atoms with Crippen LogP contribution in [0, 0.1) is 0 Å². The third-order valence-corrected chi connectivity index (χ3v) is 3.42. The first kappa shape index (κ1) is 10.1. The molecule has 0 spiro atoms. The van der Waals surface area contributed by atoms with E-state index in [0.717, 1.165) is 9.79 Å². The van der Waals surface area contributed by atoms with Gasteiger partial charge >= 0.3 is 0 Å². The Morgan fingerprint density at radius 2 is 1.75 bits per heavy atom. The van der Waals surface area contributed by atoms with Crippen molar-refractivity contribution < 1.29 is 5.11 Å². The van der Waals surface area contributed by atoms with Gasteiger partial charge in [-0.3, -0.25) is 0 Å². The van der Waals surface area contributed by atoms with Crippen molar-refractivity contribution in [2.45, 2.75) is 9.79 Å². The summed E-state index contributed by atoms with van der Waals surface area (Å²) in [4.78, 5) is 1.73. The van der Waals surface area contributed by atoms with Crippen molar-refractivity contribution in [2.24, 2.45) is 0 Å². The van der Waals surface area contributed by atoms with Crippen molar-refractivity contribution in [1.82, 2.24) is 0 Å². The maximum absolute atomic E-state index is 9.45. The molecule has 0 heterocycles. The first-order chi connectivity index (χ1) is 5.69. The number of phenolic OH excluding ortho intramolecular Hbond substituents is 1. The first-order valence-electron chi connectivity index (χ1n) is 3.29. The van der Waals surface area contributed by atoms with Crippen LogP contribution in [-0.4, -0.2) is 17.6 Å². The molecular formula is C8H9ClOS2. The first-order valence-corrected chi connectivity index (χ1v) is 6.12. The molecule has 0 saturated heterocycles. The lowest BCUT2D eigenvalue weighted by molar-refractivity contribution is 0.461. The smallest absolute Gasteiger partial charge is 0.130 e. The molecule has 1 nitrogen and oxygen atoms in total. The molecular weight excluding hydrogens is 212 g/mol. The normalized spacial score (nSPS) is 10.2. The number of hydrogen-bond acceptors (Lipinski definition) is 3. The van der Waals surface area contributed by atoms with E-state index < -0.39 is 0 Å².